The average molecular weight is 408 g/mol. The third kappa shape index (κ3) is 4.62. The monoisotopic (exact) mass is 407 g/mol. The lowest BCUT2D eigenvalue weighted by molar-refractivity contribution is 0.148. The standard InChI is InChI=1S/C25H33N3O2/c1-3-19(29)13-17-9-6-4-5-7-10-18-14-20(17)22(27-18)15-24-25(30-2)16-23(28-24)21-11-8-12-26-21/h8,11-12,14-17,19,26-27,29H,3-7,9-10,13H2,1-2H3. The Kier molecular flexibility index (Phi) is 6.58. The van der Waals surface area contributed by atoms with Gasteiger partial charge in [0.15, 0.2) is 0 Å². The number of aliphatic hydroxyl groups is 1. The van der Waals surface area contributed by atoms with Gasteiger partial charge in [0.25, 0.3) is 0 Å². The van der Waals surface area contributed by atoms with Crippen molar-refractivity contribution in [3.8, 4) is 0 Å². The number of aryl methyl sites for hydroxylation is 1. The highest BCUT2D eigenvalue weighted by Crippen LogP contribution is 2.35. The molecule has 0 aromatic carbocycles. The zero-order valence-electron chi connectivity index (χ0n) is 18.1. The Hall–Kier alpha value is -2.53. The maximum Gasteiger partial charge on any atom is 0.146 e. The third-order valence-electron chi connectivity index (χ3n) is 6.29. The number of allylic oxidation sites excluding steroid dienone is 1. The van der Waals surface area contributed by atoms with E-state index < -0.39 is 0 Å². The fourth-order valence-corrected chi connectivity index (χ4v) is 4.54. The molecule has 5 heteroatoms. The van der Waals surface area contributed by atoms with Crippen LogP contribution in [0.4, 0.5) is 0 Å². The Morgan fingerprint density at radius 2 is 2.17 bits per heavy atom. The molecule has 1 aliphatic heterocycles. The molecule has 160 valence electrons. The van der Waals surface area contributed by atoms with Gasteiger partial charge in [-0.25, -0.2) is 4.99 Å². The molecular weight excluding hydrogens is 374 g/mol. The van der Waals surface area contributed by atoms with Crippen LogP contribution in [0.2, 0.25) is 0 Å². The van der Waals surface area contributed by atoms with Crippen LogP contribution in [-0.2, 0) is 11.2 Å². The number of aromatic nitrogens is 2. The quantitative estimate of drug-likeness (QED) is 0.594. The van der Waals surface area contributed by atoms with E-state index in [-0.39, 0.29) is 6.10 Å². The Morgan fingerprint density at radius 1 is 1.30 bits per heavy atom. The molecular formula is C25H33N3O2. The van der Waals surface area contributed by atoms with E-state index in [2.05, 4.69) is 29.0 Å². The molecule has 0 amide bonds. The highest BCUT2D eigenvalue weighted by molar-refractivity contribution is 6.11. The molecule has 2 bridgehead atoms. The molecule has 0 spiro atoms. The molecule has 0 fully saturated rings. The molecule has 0 saturated carbocycles. The van der Waals surface area contributed by atoms with Crippen LogP contribution >= 0.6 is 0 Å². The average Bonchev–Trinajstić information content (AvgIpc) is 3.49. The third-order valence-corrected chi connectivity index (χ3v) is 6.29. The molecule has 30 heavy (non-hydrogen) atoms. The van der Waals surface area contributed by atoms with Gasteiger partial charge in [-0.2, -0.15) is 0 Å². The minimum atomic E-state index is -0.254. The number of aliphatic hydroxyl groups excluding tert-OH is 1. The van der Waals surface area contributed by atoms with Crippen LogP contribution < -0.4 is 0 Å². The van der Waals surface area contributed by atoms with Crippen molar-refractivity contribution >= 4 is 11.8 Å². The Labute approximate surface area is 179 Å². The van der Waals surface area contributed by atoms with Crippen molar-refractivity contribution in [1.29, 1.82) is 0 Å². The van der Waals surface area contributed by atoms with Gasteiger partial charge in [0, 0.05) is 23.7 Å². The molecule has 3 N–H and O–H groups in total. The molecule has 2 unspecified atom stereocenters. The number of ether oxygens (including phenoxy) is 1. The predicted octanol–water partition coefficient (Wildman–Crippen LogP) is 5.47. The minimum absolute atomic E-state index is 0.254. The summed E-state index contributed by atoms with van der Waals surface area (Å²) in [7, 11) is 1.69. The van der Waals surface area contributed by atoms with Gasteiger partial charge in [-0.3, -0.25) is 0 Å². The van der Waals surface area contributed by atoms with E-state index in [4.69, 9.17) is 9.73 Å². The lowest BCUT2D eigenvalue weighted by Crippen LogP contribution is -2.12. The van der Waals surface area contributed by atoms with E-state index in [0.717, 1.165) is 54.2 Å². The van der Waals surface area contributed by atoms with Crippen LogP contribution in [0.1, 0.15) is 80.4 Å². The summed E-state index contributed by atoms with van der Waals surface area (Å²) in [6.45, 7) is 2.06. The highest BCUT2D eigenvalue weighted by Gasteiger charge is 2.23. The molecule has 2 aromatic rings. The van der Waals surface area contributed by atoms with Crippen LogP contribution in [0.15, 0.2) is 46.9 Å². The van der Waals surface area contributed by atoms with Crippen molar-refractivity contribution in [3.63, 3.8) is 0 Å². The first-order valence-corrected chi connectivity index (χ1v) is 11.3. The van der Waals surface area contributed by atoms with Crippen LogP contribution in [0, 0.1) is 0 Å². The number of aromatic amines is 2. The highest BCUT2D eigenvalue weighted by atomic mass is 16.5. The van der Waals surface area contributed by atoms with Gasteiger partial charge >= 0.3 is 0 Å². The second kappa shape index (κ2) is 9.52. The number of nitrogens with zero attached hydrogens (tertiary/aromatic N) is 1. The van der Waals surface area contributed by atoms with Crippen LogP contribution in [0.25, 0.3) is 6.08 Å². The smallest absolute Gasteiger partial charge is 0.146 e. The number of methoxy groups -OCH3 is 1. The molecule has 1 aliphatic carbocycles. The van der Waals surface area contributed by atoms with Crippen molar-refractivity contribution in [3.05, 3.63) is 64.6 Å². The topological polar surface area (TPSA) is 73.4 Å². The van der Waals surface area contributed by atoms with E-state index in [0.29, 0.717) is 5.92 Å². The summed E-state index contributed by atoms with van der Waals surface area (Å²) in [6, 6.07) is 6.31. The number of aliphatic imine (C=N–C) groups is 1. The van der Waals surface area contributed by atoms with Gasteiger partial charge in [-0.15, -0.1) is 0 Å². The van der Waals surface area contributed by atoms with Gasteiger partial charge in [-0.05, 0) is 67.9 Å². The van der Waals surface area contributed by atoms with Gasteiger partial charge in [0.1, 0.15) is 11.5 Å². The van der Waals surface area contributed by atoms with Crippen molar-refractivity contribution in [2.24, 2.45) is 4.99 Å². The van der Waals surface area contributed by atoms with E-state index in [1.165, 1.54) is 36.9 Å². The molecule has 0 radical (unpaired) electrons. The van der Waals surface area contributed by atoms with Gasteiger partial charge in [0.05, 0.1) is 24.6 Å². The Bertz CT molecular complexity index is 934. The molecule has 2 atom stereocenters. The summed E-state index contributed by atoms with van der Waals surface area (Å²) in [5.74, 6) is 1.13. The van der Waals surface area contributed by atoms with Crippen LogP contribution in [0.5, 0.6) is 0 Å². The van der Waals surface area contributed by atoms with Crippen molar-refractivity contribution in [2.45, 2.75) is 70.3 Å². The van der Waals surface area contributed by atoms with E-state index >= 15 is 0 Å². The molecule has 0 saturated heterocycles. The van der Waals surface area contributed by atoms with E-state index in [1.807, 2.05) is 24.4 Å². The second-order valence-electron chi connectivity index (χ2n) is 8.43. The molecule has 2 aliphatic rings. The summed E-state index contributed by atoms with van der Waals surface area (Å²) in [6.07, 6.45) is 14.5. The Morgan fingerprint density at radius 3 is 2.93 bits per heavy atom. The number of nitrogens with one attached hydrogen (secondary N) is 2. The van der Waals surface area contributed by atoms with Gasteiger partial charge < -0.3 is 19.8 Å². The van der Waals surface area contributed by atoms with Gasteiger partial charge in [0.2, 0.25) is 0 Å². The van der Waals surface area contributed by atoms with E-state index in [9.17, 15) is 5.11 Å². The van der Waals surface area contributed by atoms with Gasteiger partial charge in [-0.1, -0.05) is 26.2 Å². The molecule has 4 rings (SSSR count). The maximum absolute atomic E-state index is 10.4. The van der Waals surface area contributed by atoms with Crippen LogP contribution in [0.3, 0.4) is 0 Å². The number of hydrogen-bond acceptors (Lipinski definition) is 3. The number of hydrogen-bond donors (Lipinski definition) is 3. The first-order valence-electron chi connectivity index (χ1n) is 11.3. The fraction of sp³-hybridized carbons (Fsp3) is 0.480. The first kappa shape index (κ1) is 20.7. The second-order valence-corrected chi connectivity index (χ2v) is 8.43. The van der Waals surface area contributed by atoms with E-state index in [1.54, 1.807) is 7.11 Å². The first-order chi connectivity index (χ1) is 14.7. The Balaban J connectivity index is 1.71. The molecule has 3 heterocycles. The SMILES string of the molecule is CCC(O)CC1CCCCCCc2cc1c(C=C1N=C(c3ccc[nH]3)C=C1OC)[nH]2. The molecule has 5 nitrogen and oxygen atoms in total. The number of H-pyrrole nitrogens is 2. The number of fused-ring (bicyclic) bond motifs is 2. The summed E-state index contributed by atoms with van der Waals surface area (Å²) in [5, 5.41) is 10.4. The lowest BCUT2D eigenvalue weighted by Gasteiger charge is -2.20. The minimum Gasteiger partial charge on any atom is -0.494 e. The predicted molar refractivity (Wildman–Crippen MR) is 122 cm³/mol. The van der Waals surface area contributed by atoms with Crippen molar-refractivity contribution < 1.29 is 9.84 Å². The number of rotatable bonds is 6. The maximum atomic E-state index is 10.4. The summed E-state index contributed by atoms with van der Waals surface area (Å²) < 4.78 is 5.63. The van der Waals surface area contributed by atoms with Crippen molar-refractivity contribution in [2.75, 3.05) is 7.11 Å². The fourth-order valence-electron chi connectivity index (χ4n) is 4.54. The summed E-state index contributed by atoms with van der Waals surface area (Å²) in [5.41, 5.74) is 6.40. The zero-order chi connectivity index (χ0) is 20.9. The summed E-state index contributed by atoms with van der Waals surface area (Å²) >= 11 is 0. The normalized spacial score (nSPS) is 22.0. The van der Waals surface area contributed by atoms with Crippen LogP contribution in [-0.4, -0.2) is 34.0 Å². The lowest BCUT2D eigenvalue weighted by atomic mass is 9.86. The molecule has 2 aromatic heterocycles. The summed E-state index contributed by atoms with van der Waals surface area (Å²) in [4.78, 5) is 11.7. The van der Waals surface area contributed by atoms with Crippen molar-refractivity contribution in [1.82, 2.24) is 9.97 Å². The largest absolute Gasteiger partial charge is 0.494 e. The zero-order valence-corrected chi connectivity index (χ0v) is 18.1.